The summed E-state index contributed by atoms with van der Waals surface area (Å²) in [7, 11) is 0. The maximum absolute atomic E-state index is 11.9. The Hall–Kier alpha value is -1.43. The number of hydrogen-bond acceptors (Lipinski definition) is 4. The van der Waals surface area contributed by atoms with Crippen LogP contribution in [0.5, 0.6) is 0 Å². The van der Waals surface area contributed by atoms with Crippen molar-refractivity contribution >= 4 is 23.2 Å². The lowest BCUT2D eigenvalue weighted by Gasteiger charge is -2.33. The average molecular weight is 296 g/mol. The molecule has 0 atom stereocenters. The third-order valence-corrected chi connectivity index (χ3v) is 4.72. The molecule has 110 valence electrons. The number of carbonyl (C=O) groups is 2. The molecule has 1 saturated carbocycles. The molecule has 1 aliphatic carbocycles. The first kappa shape index (κ1) is 15.0. The minimum Gasteiger partial charge on any atom is -0.481 e. The lowest BCUT2D eigenvalue weighted by atomic mass is 9.74. The molecule has 0 bridgehead atoms. The summed E-state index contributed by atoms with van der Waals surface area (Å²) < 4.78 is 0. The quantitative estimate of drug-likeness (QED) is 0.872. The van der Waals surface area contributed by atoms with E-state index >= 15 is 0 Å². The van der Waals surface area contributed by atoms with Crippen molar-refractivity contribution < 1.29 is 14.7 Å². The van der Waals surface area contributed by atoms with Gasteiger partial charge in [-0.3, -0.25) is 9.59 Å². The topological polar surface area (TPSA) is 79.3 Å². The zero-order chi connectivity index (χ0) is 14.6. The summed E-state index contributed by atoms with van der Waals surface area (Å²) in [4.78, 5) is 27.6. The Morgan fingerprint density at radius 3 is 2.65 bits per heavy atom. The third kappa shape index (κ3) is 3.56. The lowest BCUT2D eigenvalue weighted by Crippen LogP contribution is -2.44. The first-order chi connectivity index (χ1) is 9.52. The Morgan fingerprint density at radius 1 is 1.40 bits per heavy atom. The summed E-state index contributed by atoms with van der Waals surface area (Å²) in [6, 6.07) is 0. The van der Waals surface area contributed by atoms with Crippen molar-refractivity contribution in [1.82, 2.24) is 10.3 Å². The maximum Gasteiger partial charge on any atom is 0.311 e. The molecule has 5 nitrogen and oxygen atoms in total. The Balaban J connectivity index is 1.89. The van der Waals surface area contributed by atoms with Gasteiger partial charge >= 0.3 is 5.97 Å². The predicted molar refractivity (Wildman–Crippen MR) is 76.7 cm³/mol. The summed E-state index contributed by atoms with van der Waals surface area (Å²) in [5, 5.41) is 15.0. The van der Waals surface area contributed by atoms with E-state index in [-0.39, 0.29) is 18.9 Å². The number of hydrogen-bond donors (Lipinski definition) is 2. The highest BCUT2D eigenvalue weighted by Crippen LogP contribution is 2.36. The van der Waals surface area contributed by atoms with Gasteiger partial charge in [-0.1, -0.05) is 19.3 Å². The van der Waals surface area contributed by atoms with Crippen LogP contribution in [0.15, 0.2) is 5.38 Å². The van der Waals surface area contributed by atoms with E-state index in [1.165, 1.54) is 11.3 Å². The molecule has 0 aromatic carbocycles. The Bertz CT molecular complexity index is 492. The maximum atomic E-state index is 11.9. The number of nitrogens with zero attached hydrogens (tertiary/aromatic N) is 1. The third-order valence-electron chi connectivity index (χ3n) is 3.90. The molecule has 6 heteroatoms. The van der Waals surface area contributed by atoms with E-state index in [4.69, 9.17) is 0 Å². The van der Waals surface area contributed by atoms with Gasteiger partial charge in [-0.25, -0.2) is 4.98 Å². The van der Waals surface area contributed by atoms with Crippen LogP contribution in [-0.4, -0.2) is 28.5 Å². The standard InChI is InChI=1S/C14H20N2O3S/c1-10-16-11(8-20-10)7-12(17)15-9-14(13(18)19)5-3-2-4-6-14/h8H,2-7,9H2,1H3,(H,15,17)(H,18,19). The largest absolute Gasteiger partial charge is 0.481 e. The van der Waals surface area contributed by atoms with E-state index in [9.17, 15) is 14.7 Å². The molecular weight excluding hydrogens is 276 g/mol. The molecule has 1 aliphatic rings. The fraction of sp³-hybridized carbons (Fsp3) is 0.643. The molecule has 1 heterocycles. The van der Waals surface area contributed by atoms with Crippen LogP contribution in [0, 0.1) is 12.3 Å². The smallest absolute Gasteiger partial charge is 0.311 e. The second-order valence-corrected chi connectivity index (χ2v) is 6.52. The first-order valence-corrected chi connectivity index (χ1v) is 7.81. The zero-order valence-electron chi connectivity index (χ0n) is 11.6. The van der Waals surface area contributed by atoms with Gasteiger partial charge in [-0.15, -0.1) is 11.3 Å². The highest BCUT2D eigenvalue weighted by molar-refractivity contribution is 7.09. The van der Waals surface area contributed by atoms with Gasteiger partial charge in [0, 0.05) is 11.9 Å². The van der Waals surface area contributed by atoms with Crippen molar-refractivity contribution in [3.63, 3.8) is 0 Å². The SMILES string of the molecule is Cc1nc(CC(=O)NCC2(C(=O)O)CCCCC2)cs1. The Morgan fingerprint density at radius 2 is 2.10 bits per heavy atom. The molecular formula is C14H20N2O3S. The van der Waals surface area contributed by atoms with Crippen LogP contribution in [0.3, 0.4) is 0 Å². The Labute approximate surface area is 122 Å². The van der Waals surface area contributed by atoms with Gasteiger partial charge in [-0.05, 0) is 19.8 Å². The van der Waals surface area contributed by atoms with Crippen LogP contribution in [0.1, 0.15) is 42.8 Å². The molecule has 20 heavy (non-hydrogen) atoms. The fourth-order valence-corrected chi connectivity index (χ4v) is 3.29. The minimum absolute atomic E-state index is 0.151. The predicted octanol–water partition coefficient (Wildman–Crippen LogP) is 2.15. The number of aryl methyl sites for hydroxylation is 1. The number of carbonyl (C=O) groups excluding carboxylic acids is 1. The Kier molecular flexibility index (Phi) is 4.75. The fourth-order valence-electron chi connectivity index (χ4n) is 2.68. The van der Waals surface area contributed by atoms with E-state index in [0.717, 1.165) is 30.0 Å². The first-order valence-electron chi connectivity index (χ1n) is 6.93. The number of amides is 1. The summed E-state index contributed by atoms with van der Waals surface area (Å²) in [6.07, 6.45) is 4.46. The second-order valence-electron chi connectivity index (χ2n) is 5.46. The highest BCUT2D eigenvalue weighted by atomic mass is 32.1. The second kappa shape index (κ2) is 6.35. The van der Waals surface area contributed by atoms with Crippen molar-refractivity contribution in [3.8, 4) is 0 Å². The van der Waals surface area contributed by atoms with Crippen LogP contribution < -0.4 is 5.32 Å². The number of carboxylic acids is 1. The molecule has 1 aromatic heterocycles. The van der Waals surface area contributed by atoms with Gasteiger partial charge in [0.2, 0.25) is 5.91 Å². The molecule has 1 fully saturated rings. The molecule has 0 radical (unpaired) electrons. The van der Waals surface area contributed by atoms with Crippen LogP contribution in [0.25, 0.3) is 0 Å². The molecule has 1 aromatic rings. The zero-order valence-corrected chi connectivity index (χ0v) is 12.5. The molecule has 2 rings (SSSR count). The van der Waals surface area contributed by atoms with Crippen molar-refractivity contribution in [1.29, 1.82) is 0 Å². The number of aromatic nitrogens is 1. The minimum atomic E-state index is -0.790. The van der Waals surface area contributed by atoms with Gasteiger partial charge < -0.3 is 10.4 Å². The van der Waals surface area contributed by atoms with Gasteiger partial charge in [-0.2, -0.15) is 0 Å². The van der Waals surface area contributed by atoms with Crippen molar-refractivity contribution in [2.24, 2.45) is 5.41 Å². The van der Waals surface area contributed by atoms with Crippen LogP contribution >= 0.6 is 11.3 Å². The molecule has 0 aliphatic heterocycles. The van der Waals surface area contributed by atoms with Gasteiger partial charge in [0.05, 0.1) is 22.5 Å². The number of thiazole rings is 1. The summed E-state index contributed by atoms with van der Waals surface area (Å²) >= 11 is 1.51. The normalized spacial score (nSPS) is 17.6. The van der Waals surface area contributed by atoms with E-state index in [2.05, 4.69) is 10.3 Å². The summed E-state index contributed by atoms with van der Waals surface area (Å²) in [5.41, 5.74) is -0.0238. The molecule has 0 unspecified atom stereocenters. The number of rotatable bonds is 5. The van der Waals surface area contributed by atoms with Crippen LogP contribution in [0.4, 0.5) is 0 Å². The number of carboxylic acid groups (broad SMARTS) is 1. The van der Waals surface area contributed by atoms with E-state index in [0.29, 0.717) is 12.8 Å². The van der Waals surface area contributed by atoms with Crippen molar-refractivity contribution in [2.45, 2.75) is 45.4 Å². The molecule has 2 N–H and O–H groups in total. The van der Waals surface area contributed by atoms with E-state index < -0.39 is 11.4 Å². The average Bonchev–Trinajstić information content (AvgIpc) is 2.83. The van der Waals surface area contributed by atoms with Gasteiger partial charge in [0.1, 0.15) is 0 Å². The van der Waals surface area contributed by atoms with Gasteiger partial charge in [0.15, 0.2) is 0 Å². The van der Waals surface area contributed by atoms with E-state index in [1.807, 2.05) is 12.3 Å². The summed E-state index contributed by atoms with van der Waals surface area (Å²) in [6.45, 7) is 2.12. The van der Waals surface area contributed by atoms with Gasteiger partial charge in [0.25, 0.3) is 0 Å². The van der Waals surface area contributed by atoms with Crippen molar-refractivity contribution in [3.05, 3.63) is 16.1 Å². The molecule has 0 saturated heterocycles. The molecule has 0 spiro atoms. The lowest BCUT2D eigenvalue weighted by molar-refractivity contribution is -0.151. The number of nitrogens with one attached hydrogen (secondary N) is 1. The van der Waals surface area contributed by atoms with E-state index in [1.54, 1.807) is 0 Å². The van der Waals surface area contributed by atoms with Crippen molar-refractivity contribution in [2.75, 3.05) is 6.54 Å². The molecule has 1 amide bonds. The highest BCUT2D eigenvalue weighted by Gasteiger charge is 2.39. The monoisotopic (exact) mass is 296 g/mol. The number of aliphatic carboxylic acids is 1. The summed E-state index contributed by atoms with van der Waals surface area (Å²) in [5.74, 6) is -0.941. The van der Waals surface area contributed by atoms with Crippen LogP contribution in [-0.2, 0) is 16.0 Å². The van der Waals surface area contributed by atoms with Crippen LogP contribution in [0.2, 0.25) is 0 Å².